The molecule has 0 rings (SSSR count). The molecule has 0 aromatic carbocycles. The van der Waals surface area contributed by atoms with Crippen molar-refractivity contribution in [2.24, 2.45) is 5.73 Å². The molecule has 3 nitrogen and oxygen atoms in total. The quantitative estimate of drug-likeness (QED) is 0.560. The maximum Gasteiger partial charge on any atom is 0.276 e. The summed E-state index contributed by atoms with van der Waals surface area (Å²) in [6, 6.07) is 1.89. The van der Waals surface area contributed by atoms with Crippen molar-refractivity contribution in [3.8, 4) is 6.07 Å². The van der Waals surface area contributed by atoms with E-state index < -0.39 is 5.24 Å². The van der Waals surface area contributed by atoms with Crippen molar-refractivity contribution < 1.29 is 4.79 Å². The monoisotopic (exact) mass is 130 g/mol. The van der Waals surface area contributed by atoms with Crippen LogP contribution in [-0.2, 0) is 0 Å². The van der Waals surface area contributed by atoms with Gasteiger partial charge in [0.15, 0.2) is 0 Å². The van der Waals surface area contributed by atoms with Gasteiger partial charge in [0.2, 0.25) is 0 Å². The van der Waals surface area contributed by atoms with Crippen molar-refractivity contribution in [3.63, 3.8) is 0 Å². The summed E-state index contributed by atoms with van der Waals surface area (Å²) in [6.07, 6.45) is 0.383. The SMILES string of the molecule is N#CCCSC(N)=O. The molecule has 0 fully saturated rings. The van der Waals surface area contributed by atoms with Crippen LogP contribution in [0.2, 0.25) is 0 Å². The van der Waals surface area contributed by atoms with E-state index in [9.17, 15) is 4.79 Å². The van der Waals surface area contributed by atoms with Crippen LogP contribution in [0.15, 0.2) is 0 Å². The van der Waals surface area contributed by atoms with E-state index in [0.29, 0.717) is 12.2 Å². The van der Waals surface area contributed by atoms with Gasteiger partial charge in [-0.2, -0.15) is 5.26 Å². The summed E-state index contributed by atoms with van der Waals surface area (Å²) in [5, 5.41) is 7.55. The average Bonchev–Trinajstić information content (AvgIpc) is 1.66. The third kappa shape index (κ3) is 5.31. The Morgan fingerprint density at radius 3 is 2.88 bits per heavy atom. The second-order valence-electron chi connectivity index (χ2n) is 1.08. The van der Waals surface area contributed by atoms with E-state index in [2.05, 4.69) is 0 Å². The summed E-state index contributed by atoms with van der Waals surface area (Å²) in [4.78, 5) is 9.95. The molecule has 0 aromatic heterocycles. The Morgan fingerprint density at radius 1 is 1.88 bits per heavy atom. The highest BCUT2D eigenvalue weighted by Gasteiger charge is 1.90. The summed E-state index contributed by atoms with van der Waals surface area (Å²) >= 11 is 0.972. The number of nitrogens with two attached hydrogens (primary N) is 1. The molecule has 2 N–H and O–H groups in total. The average molecular weight is 130 g/mol. The van der Waals surface area contributed by atoms with Crippen molar-refractivity contribution in [1.29, 1.82) is 5.26 Å². The third-order valence-electron chi connectivity index (χ3n) is 0.458. The van der Waals surface area contributed by atoms with E-state index in [-0.39, 0.29) is 0 Å². The predicted molar refractivity (Wildman–Crippen MR) is 32.3 cm³/mol. The zero-order valence-electron chi connectivity index (χ0n) is 4.26. The first-order valence-corrected chi connectivity index (χ1v) is 3.05. The van der Waals surface area contributed by atoms with Gasteiger partial charge in [0.1, 0.15) is 0 Å². The number of thioether (sulfide) groups is 1. The number of hydrogen-bond donors (Lipinski definition) is 1. The molecule has 4 heteroatoms. The Morgan fingerprint density at radius 2 is 2.50 bits per heavy atom. The van der Waals surface area contributed by atoms with Gasteiger partial charge in [0, 0.05) is 12.2 Å². The van der Waals surface area contributed by atoms with E-state index in [0.717, 1.165) is 11.8 Å². The van der Waals surface area contributed by atoms with Crippen molar-refractivity contribution in [2.45, 2.75) is 6.42 Å². The highest BCUT2D eigenvalue weighted by molar-refractivity contribution is 8.13. The van der Waals surface area contributed by atoms with Crippen molar-refractivity contribution in [2.75, 3.05) is 5.75 Å². The van der Waals surface area contributed by atoms with Crippen LogP contribution in [-0.4, -0.2) is 11.0 Å². The molecule has 8 heavy (non-hydrogen) atoms. The lowest BCUT2D eigenvalue weighted by Gasteiger charge is -1.85. The van der Waals surface area contributed by atoms with Gasteiger partial charge in [-0.05, 0) is 0 Å². The van der Waals surface area contributed by atoms with Gasteiger partial charge in [-0.25, -0.2) is 0 Å². The number of hydrogen-bond acceptors (Lipinski definition) is 3. The number of nitrogens with zero attached hydrogens (tertiary/aromatic N) is 1. The standard InChI is InChI=1S/C4H6N2OS/c5-2-1-3-8-4(6)7/h1,3H2,(H2,6,7). The largest absolute Gasteiger partial charge is 0.361 e. The Labute approximate surface area is 51.9 Å². The molecule has 44 valence electrons. The van der Waals surface area contributed by atoms with E-state index in [1.54, 1.807) is 0 Å². The lowest BCUT2D eigenvalue weighted by atomic mass is 10.6. The first-order valence-electron chi connectivity index (χ1n) is 2.06. The van der Waals surface area contributed by atoms with Gasteiger partial charge in [-0.15, -0.1) is 0 Å². The van der Waals surface area contributed by atoms with Crippen molar-refractivity contribution in [3.05, 3.63) is 0 Å². The summed E-state index contributed by atoms with van der Waals surface area (Å²) in [7, 11) is 0. The number of carbonyl (C=O) groups excluding carboxylic acids is 1. The number of amides is 1. The molecule has 0 aliphatic carbocycles. The lowest BCUT2D eigenvalue weighted by molar-refractivity contribution is 0.267. The lowest BCUT2D eigenvalue weighted by Crippen LogP contribution is -2.02. The van der Waals surface area contributed by atoms with Gasteiger partial charge in [0.25, 0.3) is 5.24 Å². The molecule has 0 saturated carbocycles. The fraction of sp³-hybridized carbons (Fsp3) is 0.500. The minimum Gasteiger partial charge on any atom is -0.361 e. The number of nitriles is 1. The van der Waals surface area contributed by atoms with Crippen LogP contribution >= 0.6 is 11.8 Å². The zero-order chi connectivity index (χ0) is 6.41. The summed E-state index contributed by atoms with van der Waals surface area (Å²) in [5.74, 6) is 0.506. The maximum atomic E-state index is 9.95. The first kappa shape index (κ1) is 7.31. The van der Waals surface area contributed by atoms with Gasteiger partial charge in [0.05, 0.1) is 6.07 Å². The molecule has 1 amide bonds. The van der Waals surface area contributed by atoms with Crippen LogP contribution in [0.5, 0.6) is 0 Å². The maximum absolute atomic E-state index is 9.95. The molecule has 0 atom stereocenters. The van der Waals surface area contributed by atoms with Crippen molar-refractivity contribution in [1.82, 2.24) is 0 Å². The summed E-state index contributed by atoms with van der Waals surface area (Å²) in [6.45, 7) is 0. The smallest absolute Gasteiger partial charge is 0.276 e. The zero-order valence-corrected chi connectivity index (χ0v) is 5.07. The molecule has 0 bridgehead atoms. The summed E-state index contributed by atoms with van der Waals surface area (Å²) < 4.78 is 0. The number of primary amides is 1. The first-order chi connectivity index (χ1) is 3.77. The van der Waals surface area contributed by atoms with Gasteiger partial charge < -0.3 is 5.73 Å². The fourth-order valence-electron chi connectivity index (χ4n) is 0.197. The van der Waals surface area contributed by atoms with E-state index in [4.69, 9.17) is 11.0 Å². The molecule has 0 spiro atoms. The molecule has 0 heterocycles. The van der Waals surface area contributed by atoms with Crippen molar-refractivity contribution >= 4 is 17.0 Å². The molecule has 0 unspecified atom stereocenters. The highest BCUT2D eigenvalue weighted by Crippen LogP contribution is 1.99. The second-order valence-corrected chi connectivity index (χ2v) is 2.17. The minimum absolute atomic E-state index is 0.383. The number of rotatable bonds is 2. The van der Waals surface area contributed by atoms with Crippen LogP contribution < -0.4 is 5.73 Å². The van der Waals surface area contributed by atoms with Gasteiger partial charge in [-0.3, -0.25) is 4.79 Å². The Bertz CT molecular complexity index is 118. The van der Waals surface area contributed by atoms with Crippen LogP contribution in [0.4, 0.5) is 4.79 Å². The minimum atomic E-state index is -0.416. The molecule has 0 aliphatic heterocycles. The molecule has 0 saturated heterocycles. The van der Waals surface area contributed by atoms with Gasteiger partial charge >= 0.3 is 0 Å². The Kier molecular flexibility index (Phi) is 4.08. The van der Waals surface area contributed by atoms with E-state index in [1.807, 2.05) is 6.07 Å². The highest BCUT2D eigenvalue weighted by atomic mass is 32.2. The molecular formula is C4H6N2OS. The Balaban J connectivity index is 2.97. The molecule has 0 aliphatic rings. The molecular weight excluding hydrogens is 124 g/mol. The fourth-order valence-corrected chi connectivity index (χ4v) is 0.592. The van der Waals surface area contributed by atoms with Crippen LogP contribution in [0.3, 0.4) is 0 Å². The van der Waals surface area contributed by atoms with Crippen LogP contribution in [0, 0.1) is 11.3 Å². The topological polar surface area (TPSA) is 66.9 Å². The van der Waals surface area contributed by atoms with E-state index >= 15 is 0 Å². The van der Waals surface area contributed by atoms with Gasteiger partial charge in [-0.1, -0.05) is 11.8 Å². The predicted octanol–water partition coefficient (Wildman–Crippen LogP) is 0.712. The normalized spacial score (nSPS) is 7.88. The van der Waals surface area contributed by atoms with E-state index in [1.165, 1.54) is 0 Å². The van der Waals surface area contributed by atoms with Crippen LogP contribution in [0.1, 0.15) is 6.42 Å². The molecule has 0 aromatic rings. The third-order valence-corrected chi connectivity index (χ3v) is 1.15. The number of carbonyl (C=O) groups is 1. The second kappa shape index (κ2) is 4.47. The Hall–Kier alpha value is -0.690. The molecule has 0 radical (unpaired) electrons. The summed E-state index contributed by atoms with van der Waals surface area (Å²) in [5.41, 5.74) is 4.75. The van der Waals surface area contributed by atoms with Crippen LogP contribution in [0.25, 0.3) is 0 Å².